The molecule has 2 rings (SSSR count). The molecule has 2 aromatic rings. The minimum Gasteiger partial charge on any atom is -0.481 e. The first-order chi connectivity index (χ1) is 8.40. The van der Waals surface area contributed by atoms with E-state index in [-0.39, 0.29) is 11.3 Å². The van der Waals surface area contributed by atoms with Crippen LogP contribution in [0, 0.1) is 17.0 Å². The Kier molecular flexibility index (Phi) is 3.00. The lowest BCUT2D eigenvalue weighted by atomic mass is 9.99. The van der Waals surface area contributed by atoms with Gasteiger partial charge in [-0.15, -0.1) is 11.3 Å². The van der Waals surface area contributed by atoms with E-state index in [9.17, 15) is 14.9 Å². The van der Waals surface area contributed by atoms with Gasteiger partial charge in [0.2, 0.25) is 0 Å². The van der Waals surface area contributed by atoms with E-state index in [0.29, 0.717) is 10.2 Å². The first-order valence-electron chi connectivity index (χ1n) is 5.18. The zero-order chi connectivity index (χ0) is 13.4. The zero-order valence-corrected chi connectivity index (χ0v) is 10.5. The molecule has 0 aliphatic carbocycles. The van der Waals surface area contributed by atoms with E-state index < -0.39 is 16.8 Å². The number of thiazole rings is 1. The van der Waals surface area contributed by atoms with Crippen LogP contribution in [0.2, 0.25) is 0 Å². The average Bonchev–Trinajstić information content (AvgIpc) is 2.65. The van der Waals surface area contributed by atoms with E-state index in [1.54, 1.807) is 6.92 Å². The third-order valence-electron chi connectivity index (χ3n) is 2.68. The van der Waals surface area contributed by atoms with Gasteiger partial charge in [0.25, 0.3) is 5.69 Å². The number of carboxylic acid groups (broad SMARTS) is 1. The fourth-order valence-electron chi connectivity index (χ4n) is 1.73. The van der Waals surface area contributed by atoms with Crippen LogP contribution in [0.15, 0.2) is 12.1 Å². The fourth-order valence-corrected chi connectivity index (χ4v) is 2.57. The Bertz CT molecular complexity index is 650. The van der Waals surface area contributed by atoms with Crippen LogP contribution in [0.4, 0.5) is 5.69 Å². The van der Waals surface area contributed by atoms with Crippen LogP contribution in [0.3, 0.4) is 0 Å². The molecule has 0 amide bonds. The summed E-state index contributed by atoms with van der Waals surface area (Å²) in [6.45, 7) is 3.23. The van der Waals surface area contributed by atoms with Crippen molar-refractivity contribution in [3.63, 3.8) is 0 Å². The average molecular weight is 266 g/mol. The van der Waals surface area contributed by atoms with E-state index in [0.717, 1.165) is 5.01 Å². The van der Waals surface area contributed by atoms with E-state index in [4.69, 9.17) is 5.11 Å². The Morgan fingerprint density at radius 2 is 2.22 bits per heavy atom. The Labute approximate surface area is 106 Å². The summed E-state index contributed by atoms with van der Waals surface area (Å²) in [6, 6.07) is 2.89. The molecule has 1 N–H and O–H groups in total. The predicted molar refractivity (Wildman–Crippen MR) is 67.1 cm³/mol. The number of nitro benzene ring substituents is 1. The molecular formula is C11H10N2O4S. The van der Waals surface area contributed by atoms with Crippen LogP contribution in [0.1, 0.15) is 23.4 Å². The molecule has 0 fully saturated rings. The summed E-state index contributed by atoms with van der Waals surface area (Å²) in [5.74, 6) is -2.03. The van der Waals surface area contributed by atoms with E-state index in [1.165, 1.54) is 30.4 Å². The summed E-state index contributed by atoms with van der Waals surface area (Å²) >= 11 is 1.35. The van der Waals surface area contributed by atoms with Crippen molar-refractivity contribution in [3.05, 3.63) is 32.8 Å². The Balaban J connectivity index is 2.72. The van der Waals surface area contributed by atoms with Crippen LogP contribution >= 0.6 is 11.3 Å². The van der Waals surface area contributed by atoms with Crippen LogP contribution in [-0.4, -0.2) is 21.0 Å². The third kappa shape index (κ3) is 2.04. The molecule has 1 aromatic carbocycles. The molecule has 0 bridgehead atoms. The van der Waals surface area contributed by atoms with Crippen LogP contribution in [0.5, 0.6) is 0 Å². The summed E-state index contributed by atoms with van der Waals surface area (Å²) in [5, 5.41) is 20.8. The summed E-state index contributed by atoms with van der Waals surface area (Å²) < 4.78 is 0.695. The molecule has 1 atom stereocenters. The molecule has 0 aliphatic heterocycles. The first kappa shape index (κ1) is 12.4. The molecule has 1 unspecified atom stereocenters. The summed E-state index contributed by atoms with van der Waals surface area (Å²) in [7, 11) is 0. The number of hydrogen-bond donors (Lipinski definition) is 1. The highest BCUT2D eigenvalue weighted by Gasteiger charge is 2.25. The minimum atomic E-state index is -1.09. The van der Waals surface area contributed by atoms with Crippen molar-refractivity contribution in [1.29, 1.82) is 0 Å². The number of nitrogens with zero attached hydrogens (tertiary/aromatic N) is 2. The second-order valence-electron chi connectivity index (χ2n) is 3.93. The number of nitro groups is 1. The standard InChI is InChI=1S/C11H10N2O4S/c1-5(11(14)15)7-3-8-10(18-6(2)12-8)4-9(7)13(16)17/h3-5H,1-2H3,(H,14,15). The topological polar surface area (TPSA) is 93.3 Å². The largest absolute Gasteiger partial charge is 0.481 e. The van der Waals surface area contributed by atoms with Gasteiger partial charge in [0.05, 0.1) is 26.1 Å². The number of aryl methyl sites for hydroxylation is 1. The second-order valence-corrected chi connectivity index (χ2v) is 5.16. The molecular weight excluding hydrogens is 256 g/mol. The molecule has 1 heterocycles. The number of hydrogen-bond acceptors (Lipinski definition) is 5. The van der Waals surface area contributed by atoms with Gasteiger partial charge < -0.3 is 5.11 Å². The van der Waals surface area contributed by atoms with Crippen molar-refractivity contribution in [2.75, 3.05) is 0 Å². The quantitative estimate of drug-likeness (QED) is 0.681. The van der Waals surface area contributed by atoms with Crippen molar-refractivity contribution in [3.8, 4) is 0 Å². The van der Waals surface area contributed by atoms with Gasteiger partial charge in [0, 0.05) is 11.6 Å². The Morgan fingerprint density at radius 1 is 1.56 bits per heavy atom. The maximum atomic E-state index is 11.0. The predicted octanol–water partition coefficient (Wildman–Crippen LogP) is 2.70. The summed E-state index contributed by atoms with van der Waals surface area (Å²) in [4.78, 5) is 25.6. The number of carbonyl (C=O) groups is 1. The van der Waals surface area contributed by atoms with Crippen LogP contribution in [-0.2, 0) is 4.79 Å². The van der Waals surface area contributed by atoms with Crippen LogP contribution in [0.25, 0.3) is 10.2 Å². The van der Waals surface area contributed by atoms with Gasteiger partial charge in [-0.1, -0.05) is 0 Å². The van der Waals surface area contributed by atoms with Gasteiger partial charge in [0.15, 0.2) is 0 Å². The number of rotatable bonds is 3. The molecule has 0 saturated heterocycles. The minimum absolute atomic E-state index is 0.166. The summed E-state index contributed by atoms with van der Waals surface area (Å²) in [5.41, 5.74) is 0.623. The molecule has 0 saturated carbocycles. The third-order valence-corrected chi connectivity index (χ3v) is 3.61. The number of carboxylic acids is 1. The van der Waals surface area contributed by atoms with Gasteiger partial charge in [-0.3, -0.25) is 14.9 Å². The molecule has 18 heavy (non-hydrogen) atoms. The number of aromatic nitrogens is 1. The lowest BCUT2D eigenvalue weighted by Gasteiger charge is -2.07. The van der Waals surface area contributed by atoms with E-state index in [1.807, 2.05) is 0 Å². The van der Waals surface area contributed by atoms with E-state index in [2.05, 4.69) is 4.98 Å². The maximum absolute atomic E-state index is 11.0. The van der Waals surface area contributed by atoms with Crippen LogP contribution < -0.4 is 0 Å². The van der Waals surface area contributed by atoms with Crippen molar-refractivity contribution < 1.29 is 14.8 Å². The van der Waals surface area contributed by atoms with Crippen molar-refractivity contribution in [2.24, 2.45) is 0 Å². The van der Waals surface area contributed by atoms with Gasteiger partial charge in [0.1, 0.15) is 0 Å². The van der Waals surface area contributed by atoms with Gasteiger partial charge >= 0.3 is 5.97 Å². The monoisotopic (exact) mass is 266 g/mol. The maximum Gasteiger partial charge on any atom is 0.310 e. The van der Waals surface area contributed by atoms with Crippen molar-refractivity contribution >= 4 is 33.2 Å². The zero-order valence-electron chi connectivity index (χ0n) is 9.71. The Hall–Kier alpha value is -2.02. The molecule has 1 aromatic heterocycles. The van der Waals surface area contributed by atoms with Gasteiger partial charge in [-0.05, 0) is 19.9 Å². The highest BCUT2D eigenvalue weighted by atomic mass is 32.1. The number of aliphatic carboxylic acids is 1. The molecule has 6 nitrogen and oxygen atoms in total. The number of benzene rings is 1. The van der Waals surface area contributed by atoms with Crippen molar-refractivity contribution in [2.45, 2.75) is 19.8 Å². The number of fused-ring (bicyclic) bond motifs is 1. The molecule has 7 heteroatoms. The van der Waals surface area contributed by atoms with Crippen molar-refractivity contribution in [1.82, 2.24) is 4.98 Å². The van der Waals surface area contributed by atoms with Gasteiger partial charge in [-0.25, -0.2) is 4.98 Å². The summed E-state index contributed by atoms with van der Waals surface area (Å²) in [6.07, 6.45) is 0. The molecule has 0 spiro atoms. The highest BCUT2D eigenvalue weighted by Crippen LogP contribution is 2.33. The Morgan fingerprint density at radius 3 is 2.78 bits per heavy atom. The first-order valence-corrected chi connectivity index (χ1v) is 6.00. The lowest BCUT2D eigenvalue weighted by molar-refractivity contribution is -0.385. The highest BCUT2D eigenvalue weighted by molar-refractivity contribution is 7.18. The SMILES string of the molecule is Cc1nc2cc(C(C)C(=O)O)c([N+](=O)[O-])cc2s1. The molecule has 0 aliphatic rings. The van der Waals surface area contributed by atoms with Gasteiger partial charge in [-0.2, -0.15) is 0 Å². The smallest absolute Gasteiger partial charge is 0.310 e. The lowest BCUT2D eigenvalue weighted by Crippen LogP contribution is -2.09. The fraction of sp³-hybridized carbons (Fsp3) is 0.273. The second kappa shape index (κ2) is 4.34. The van der Waals surface area contributed by atoms with E-state index >= 15 is 0 Å². The normalized spacial score (nSPS) is 12.6. The molecule has 0 radical (unpaired) electrons. The molecule has 94 valence electrons.